The summed E-state index contributed by atoms with van der Waals surface area (Å²) in [6.45, 7) is 2.39. The van der Waals surface area contributed by atoms with Gasteiger partial charge in [-0.05, 0) is 64.1 Å². The van der Waals surface area contributed by atoms with Crippen molar-refractivity contribution < 1.29 is 40.2 Å². The number of halogens is 7. The molecule has 0 amide bonds. The summed E-state index contributed by atoms with van der Waals surface area (Å²) in [6.07, 6.45) is -5.02. The van der Waals surface area contributed by atoms with E-state index < -0.39 is 40.8 Å². The molecule has 0 aliphatic rings. The lowest BCUT2D eigenvalue weighted by Gasteiger charge is -2.18. The van der Waals surface area contributed by atoms with Crippen molar-refractivity contribution in [1.82, 2.24) is 0 Å². The van der Waals surface area contributed by atoms with Crippen molar-refractivity contribution >= 4 is 11.1 Å². The summed E-state index contributed by atoms with van der Waals surface area (Å²) in [5.74, 6) is -11.0. The summed E-state index contributed by atoms with van der Waals surface area (Å²) < 4.78 is 107. The fourth-order valence-electron chi connectivity index (χ4n) is 4.90. The van der Waals surface area contributed by atoms with Gasteiger partial charge in [0.15, 0.2) is 11.6 Å². The minimum absolute atomic E-state index is 0.253. The number of benzene rings is 5. The van der Waals surface area contributed by atoms with Crippen molar-refractivity contribution in [3.05, 3.63) is 160 Å². The van der Waals surface area contributed by atoms with Crippen LogP contribution < -0.4 is 9.47 Å². The van der Waals surface area contributed by atoms with Crippen LogP contribution in [0.15, 0.2) is 109 Å². The monoisotopic (exact) mass is 622 g/mol. The Balaban J connectivity index is 1.49. The van der Waals surface area contributed by atoms with Gasteiger partial charge in [0, 0.05) is 0 Å². The standard InChI is InChI=1S/C36H25F7O2/c1-2-28(23-11-7-4-8-12-23)29(24-13-17-26(18-14-24)44-21-22-9-5-3-6-10-22)25-15-19-27(20-16-25)45-35-33(39)31(37)30(36(41,42)43)32(38)34(35)40/h3-20H,2,21H2,1H3. The van der Waals surface area contributed by atoms with E-state index in [0.29, 0.717) is 24.3 Å². The van der Waals surface area contributed by atoms with Gasteiger partial charge in [-0.15, -0.1) is 0 Å². The second-order valence-corrected chi connectivity index (χ2v) is 9.96. The van der Waals surface area contributed by atoms with Crippen LogP contribution in [0.3, 0.4) is 0 Å². The maximum Gasteiger partial charge on any atom is 0.422 e. The highest BCUT2D eigenvalue weighted by molar-refractivity contribution is 5.98. The first kappa shape index (κ1) is 31.4. The van der Waals surface area contributed by atoms with E-state index in [0.717, 1.165) is 27.8 Å². The van der Waals surface area contributed by atoms with Gasteiger partial charge in [0.05, 0.1) is 0 Å². The third kappa shape index (κ3) is 6.87. The van der Waals surface area contributed by atoms with E-state index in [-0.39, 0.29) is 5.75 Å². The third-order valence-corrected chi connectivity index (χ3v) is 7.04. The van der Waals surface area contributed by atoms with E-state index in [1.54, 1.807) is 12.1 Å². The predicted molar refractivity (Wildman–Crippen MR) is 158 cm³/mol. The van der Waals surface area contributed by atoms with E-state index in [1.807, 2.05) is 91.9 Å². The zero-order chi connectivity index (χ0) is 32.1. The normalized spacial score (nSPS) is 12.1. The van der Waals surface area contributed by atoms with Crippen molar-refractivity contribution in [1.29, 1.82) is 0 Å². The van der Waals surface area contributed by atoms with Gasteiger partial charge in [0.25, 0.3) is 0 Å². The van der Waals surface area contributed by atoms with Crippen LogP contribution in [0.5, 0.6) is 17.2 Å². The molecule has 45 heavy (non-hydrogen) atoms. The highest BCUT2D eigenvalue weighted by Gasteiger charge is 2.43. The first-order chi connectivity index (χ1) is 21.6. The average molecular weight is 623 g/mol. The molecule has 0 saturated carbocycles. The Hall–Kier alpha value is -5.05. The molecule has 0 heterocycles. The van der Waals surface area contributed by atoms with Crippen molar-refractivity contribution in [2.45, 2.75) is 26.1 Å². The number of alkyl halides is 3. The van der Waals surface area contributed by atoms with Crippen LogP contribution in [0.4, 0.5) is 30.7 Å². The van der Waals surface area contributed by atoms with Crippen LogP contribution in [-0.2, 0) is 12.8 Å². The minimum Gasteiger partial charge on any atom is -0.489 e. The van der Waals surface area contributed by atoms with Gasteiger partial charge in [-0.1, -0.05) is 91.9 Å². The number of rotatable bonds is 9. The van der Waals surface area contributed by atoms with Crippen molar-refractivity contribution in [2.75, 3.05) is 0 Å². The molecule has 0 fully saturated rings. The Morgan fingerprint density at radius 1 is 0.578 bits per heavy atom. The fraction of sp³-hybridized carbons (Fsp3) is 0.111. The topological polar surface area (TPSA) is 18.5 Å². The summed E-state index contributed by atoms with van der Waals surface area (Å²) in [7, 11) is 0. The molecule has 0 aliphatic heterocycles. The minimum atomic E-state index is -5.65. The van der Waals surface area contributed by atoms with E-state index >= 15 is 0 Å². The Kier molecular flexibility index (Phi) is 9.27. The average Bonchev–Trinajstić information content (AvgIpc) is 3.05. The maximum absolute atomic E-state index is 14.4. The van der Waals surface area contributed by atoms with Crippen LogP contribution >= 0.6 is 0 Å². The molecule has 0 spiro atoms. The highest BCUT2D eigenvalue weighted by atomic mass is 19.4. The van der Waals surface area contributed by atoms with Crippen molar-refractivity contribution in [3.63, 3.8) is 0 Å². The van der Waals surface area contributed by atoms with E-state index in [2.05, 4.69) is 0 Å². The molecule has 0 saturated heterocycles. The molecule has 0 radical (unpaired) electrons. The molecule has 0 bridgehead atoms. The summed E-state index contributed by atoms with van der Waals surface area (Å²) in [5.41, 5.74) is 2.62. The molecule has 0 aliphatic carbocycles. The molecule has 2 nitrogen and oxygen atoms in total. The van der Waals surface area contributed by atoms with Gasteiger partial charge in [-0.3, -0.25) is 0 Å². The zero-order valence-corrected chi connectivity index (χ0v) is 23.8. The van der Waals surface area contributed by atoms with Crippen LogP contribution in [0, 0.1) is 23.3 Å². The van der Waals surface area contributed by atoms with Gasteiger partial charge in [-0.2, -0.15) is 22.0 Å². The lowest BCUT2D eigenvalue weighted by atomic mass is 9.88. The van der Waals surface area contributed by atoms with Gasteiger partial charge >= 0.3 is 6.18 Å². The van der Waals surface area contributed by atoms with Crippen LogP contribution in [0.1, 0.15) is 41.2 Å². The number of allylic oxidation sites excluding steroid dienone is 1. The van der Waals surface area contributed by atoms with Gasteiger partial charge in [-0.25, -0.2) is 8.78 Å². The van der Waals surface area contributed by atoms with Gasteiger partial charge < -0.3 is 9.47 Å². The van der Waals surface area contributed by atoms with Crippen LogP contribution in [0.25, 0.3) is 11.1 Å². The second-order valence-electron chi connectivity index (χ2n) is 9.96. The SMILES string of the molecule is CCC(=C(c1ccc(OCc2ccccc2)cc1)c1ccc(Oc2c(F)c(F)c(C(F)(F)F)c(F)c2F)cc1)c1ccccc1. The first-order valence-electron chi connectivity index (χ1n) is 13.9. The highest BCUT2D eigenvalue weighted by Crippen LogP contribution is 2.41. The molecule has 230 valence electrons. The van der Waals surface area contributed by atoms with Gasteiger partial charge in [0.2, 0.25) is 17.4 Å². The Labute approximate surface area is 255 Å². The van der Waals surface area contributed by atoms with Crippen LogP contribution in [0.2, 0.25) is 0 Å². The quantitative estimate of drug-likeness (QED) is 0.0925. The lowest BCUT2D eigenvalue weighted by Crippen LogP contribution is -2.15. The molecule has 0 atom stereocenters. The molecule has 5 aromatic carbocycles. The molecule has 0 unspecified atom stereocenters. The van der Waals surface area contributed by atoms with Crippen LogP contribution in [-0.4, -0.2) is 0 Å². The zero-order valence-electron chi connectivity index (χ0n) is 23.8. The molecule has 0 N–H and O–H groups in total. The van der Waals surface area contributed by atoms with E-state index in [9.17, 15) is 30.7 Å². The molecular weight excluding hydrogens is 597 g/mol. The molecule has 5 rings (SSSR count). The summed E-state index contributed by atoms with van der Waals surface area (Å²) in [5, 5.41) is 0. The number of ether oxygens (including phenoxy) is 2. The van der Waals surface area contributed by atoms with Gasteiger partial charge in [0.1, 0.15) is 23.7 Å². The smallest absolute Gasteiger partial charge is 0.422 e. The van der Waals surface area contributed by atoms with E-state index in [1.165, 1.54) is 12.1 Å². The fourth-order valence-corrected chi connectivity index (χ4v) is 4.90. The van der Waals surface area contributed by atoms with Crippen molar-refractivity contribution in [2.24, 2.45) is 0 Å². The Bertz CT molecular complexity index is 1770. The molecular formula is C36H25F7O2. The summed E-state index contributed by atoms with van der Waals surface area (Å²) >= 11 is 0. The van der Waals surface area contributed by atoms with Crippen molar-refractivity contribution in [3.8, 4) is 17.2 Å². The first-order valence-corrected chi connectivity index (χ1v) is 13.9. The molecule has 0 aromatic heterocycles. The Morgan fingerprint density at radius 3 is 1.56 bits per heavy atom. The molecule has 9 heteroatoms. The maximum atomic E-state index is 14.4. The third-order valence-electron chi connectivity index (χ3n) is 7.04. The largest absolute Gasteiger partial charge is 0.489 e. The summed E-state index contributed by atoms with van der Waals surface area (Å²) in [6, 6.07) is 32.6. The lowest BCUT2D eigenvalue weighted by molar-refractivity contribution is -0.143. The number of hydrogen-bond acceptors (Lipinski definition) is 2. The predicted octanol–water partition coefficient (Wildman–Crippen LogP) is 11.0. The second kappa shape index (κ2) is 13.3. The number of hydrogen-bond donors (Lipinski definition) is 0. The Morgan fingerprint density at radius 2 is 1.07 bits per heavy atom. The van der Waals surface area contributed by atoms with E-state index in [4.69, 9.17) is 9.47 Å². The summed E-state index contributed by atoms with van der Waals surface area (Å²) in [4.78, 5) is 0. The molecule has 5 aromatic rings.